The molecule has 264 valence electrons. The molecule has 0 radical (unpaired) electrons. The predicted molar refractivity (Wildman–Crippen MR) is 180 cm³/mol. The number of aliphatic hydroxyl groups is 1. The number of ketones is 2. The Labute approximate surface area is 285 Å². The third kappa shape index (κ3) is 10.1. The van der Waals surface area contributed by atoms with Crippen molar-refractivity contribution >= 4 is 29.5 Å². The number of amides is 3. The quantitative estimate of drug-likeness (QED) is 0.256. The van der Waals surface area contributed by atoms with Crippen LogP contribution < -0.4 is 21.1 Å². The van der Waals surface area contributed by atoms with E-state index in [0.29, 0.717) is 11.3 Å². The molecule has 3 rings (SSSR count). The molecule has 0 saturated carbocycles. The van der Waals surface area contributed by atoms with Crippen LogP contribution in [-0.4, -0.2) is 80.3 Å². The summed E-state index contributed by atoms with van der Waals surface area (Å²) >= 11 is 0. The Morgan fingerprint density at radius 2 is 1.69 bits per heavy atom. The highest BCUT2D eigenvalue weighted by molar-refractivity contribution is 6.24. The van der Waals surface area contributed by atoms with E-state index in [2.05, 4.69) is 10.6 Å². The average Bonchev–Trinajstić information content (AvgIpc) is 3.07. The summed E-state index contributed by atoms with van der Waals surface area (Å²) < 4.78 is 21.8. The normalized spacial score (nSPS) is 28.7. The number of nitrogens with one attached hydrogen (secondary N) is 2. The van der Waals surface area contributed by atoms with Crippen LogP contribution in [0.2, 0.25) is 0 Å². The molecule has 5 N–H and O–H groups in total. The van der Waals surface area contributed by atoms with E-state index in [1.165, 1.54) is 52.5 Å². The van der Waals surface area contributed by atoms with E-state index in [-0.39, 0.29) is 46.9 Å². The Morgan fingerprint density at radius 1 is 1.02 bits per heavy atom. The summed E-state index contributed by atoms with van der Waals surface area (Å²) in [5.41, 5.74) is 5.86. The molecule has 0 unspecified atom stereocenters. The molecular weight excluding hydrogens is 634 g/mol. The smallest absolute Gasteiger partial charge is 0.405 e. The van der Waals surface area contributed by atoms with Crippen LogP contribution in [0.5, 0.6) is 5.75 Å². The molecule has 2 aliphatic rings. The molecule has 0 spiro atoms. The molecule has 1 aliphatic carbocycles. The SMILES string of the molecule is COc1ccc(C(=O)NC2=C3C[C@@H](C)C[C@H](OC)[C@H](O)[C@@H](C)/C=C(\C)[C@H](OC(N)=O)[C@@H](OC)/C=C\C=C(/C)C(=O)NC(=CC2=O)C3=O)cc1. The molecular formula is C36H45N3O10. The van der Waals surface area contributed by atoms with Gasteiger partial charge in [-0.3, -0.25) is 19.2 Å². The Kier molecular flexibility index (Phi) is 13.8. The van der Waals surface area contributed by atoms with Crippen molar-refractivity contribution in [3.05, 3.63) is 88.3 Å². The van der Waals surface area contributed by atoms with Gasteiger partial charge in [-0.1, -0.05) is 38.2 Å². The zero-order valence-corrected chi connectivity index (χ0v) is 28.8. The molecule has 1 aliphatic heterocycles. The minimum Gasteiger partial charge on any atom is -0.497 e. The van der Waals surface area contributed by atoms with Crippen molar-refractivity contribution in [2.75, 3.05) is 21.3 Å². The topological polar surface area (TPSA) is 193 Å². The first kappa shape index (κ1) is 38.6. The number of methoxy groups -OCH3 is 3. The van der Waals surface area contributed by atoms with Gasteiger partial charge in [0.25, 0.3) is 11.8 Å². The number of nitrogens with two attached hydrogens (primary N) is 1. The highest BCUT2D eigenvalue weighted by Crippen LogP contribution is 2.29. The monoisotopic (exact) mass is 679 g/mol. The van der Waals surface area contributed by atoms with Crippen molar-refractivity contribution in [2.45, 2.75) is 65.0 Å². The molecule has 6 atom stereocenters. The van der Waals surface area contributed by atoms with Gasteiger partial charge in [-0.2, -0.15) is 0 Å². The fourth-order valence-electron chi connectivity index (χ4n) is 5.65. The molecule has 2 bridgehead atoms. The number of carbonyl (C=O) groups excluding carboxylic acids is 5. The summed E-state index contributed by atoms with van der Waals surface area (Å²) in [7, 11) is 4.35. The van der Waals surface area contributed by atoms with E-state index >= 15 is 0 Å². The van der Waals surface area contributed by atoms with Crippen LogP contribution in [-0.2, 0) is 28.6 Å². The number of Topliss-reactive ketones (excluding diaryl/α,β-unsaturated/α-hetero) is 1. The van der Waals surface area contributed by atoms with Gasteiger partial charge in [0, 0.05) is 42.9 Å². The van der Waals surface area contributed by atoms with Crippen LogP contribution in [0.4, 0.5) is 4.79 Å². The van der Waals surface area contributed by atoms with Crippen LogP contribution >= 0.6 is 0 Å². The Balaban J connectivity index is 2.08. The third-order valence-corrected chi connectivity index (χ3v) is 8.38. The summed E-state index contributed by atoms with van der Waals surface area (Å²) in [6.07, 6.45) is 2.94. The maximum absolute atomic E-state index is 13.9. The molecule has 0 aromatic heterocycles. The first-order valence-corrected chi connectivity index (χ1v) is 15.7. The molecule has 1 aromatic rings. The first-order valence-electron chi connectivity index (χ1n) is 15.7. The lowest BCUT2D eigenvalue weighted by Crippen LogP contribution is -2.38. The van der Waals surface area contributed by atoms with Crippen molar-refractivity contribution in [2.24, 2.45) is 17.6 Å². The second-order valence-corrected chi connectivity index (χ2v) is 12.1. The number of rotatable bonds is 6. The maximum Gasteiger partial charge on any atom is 0.405 e. The molecule has 1 aromatic carbocycles. The van der Waals surface area contributed by atoms with Crippen LogP contribution in [0, 0.1) is 11.8 Å². The average molecular weight is 680 g/mol. The fraction of sp³-hybridized carbons (Fsp3) is 0.417. The van der Waals surface area contributed by atoms with Gasteiger partial charge in [0.05, 0.1) is 30.7 Å². The maximum atomic E-state index is 13.9. The van der Waals surface area contributed by atoms with Crippen molar-refractivity contribution in [1.82, 2.24) is 10.6 Å². The van der Waals surface area contributed by atoms with Gasteiger partial charge in [0.1, 0.15) is 11.9 Å². The standard InChI is InChI=1S/C36H45N3O10/c1-19-15-25-30(39-35(44)23-11-13-24(46-5)14-12-23)27(40)18-26(32(25)42)38-34(43)20(2)9-8-10-28(47-6)33(49-36(37)45)22(4)17-21(3)31(41)29(16-19)48-7/h8-14,17-19,21,28-29,31,33,41H,15-16H2,1-7H3,(H2,37,45)(H,38,43)(H,39,44)/b10-8-,20-9+,22-17+/t19-,21+,28+,29+,31-,33+/m1/s1. The van der Waals surface area contributed by atoms with Crippen molar-refractivity contribution in [3.8, 4) is 5.75 Å². The first-order chi connectivity index (χ1) is 23.2. The zero-order valence-electron chi connectivity index (χ0n) is 28.8. The number of primary amides is 1. The van der Waals surface area contributed by atoms with E-state index in [1.54, 1.807) is 38.1 Å². The van der Waals surface area contributed by atoms with E-state index < -0.39 is 59.8 Å². The molecule has 0 fully saturated rings. The highest BCUT2D eigenvalue weighted by Gasteiger charge is 2.34. The minimum atomic E-state index is -1.04. The van der Waals surface area contributed by atoms with Gasteiger partial charge >= 0.3 is 6.09 Å². The largest absolute Gasteiger partial charge is 0.497 e. The molecule has 1 heterocycles. The van der Waals surface area contributed by atoms with Crippen LogP contribution in [0.1, 0.15) is 50.9 Å². The second kappa shape index (κ2) is 17.5. The van der Waals surface area contributed by atoms with Gasteiger partial charge in [-0.15, -0.1) is 0 Å². The summed E-state index contributed by atoms with van der Waals surface area (Å²) in [4.78, 5) is 65.5. The number of benzene rings is 1. The molecule has 3 amide bonds. The zero-order chi connectivity index (χ0) is 36.4. The van der Waals surface area contributed by atoms with E-state index in [9.17, 15) is 29.1 Å². The van der Waals surface area contributed by atoms with Gasteiger partial charge in [0.15, 0.2) is 6.10 Å². The summed E-state index contributed by atoms with van der Waals surface area (Å²) in [6, 6.07) is 6.22. The number of aliphatic hydroxyl groups excluding tert-OH is 1. The number of allylic oxidation sites excluding steroid dienone is 4. The van der Waals surface area contributed by atoms with E-state index in [1.807, 2.05) is 6.92 Å². The molecule has 13 nitrogen and oxygen atoms in total. The molecule has 0 saturated heterocycles. The lowest BCUT2D eigenvalue weighted by molar-refractivity contribution is -0.120. The van der Waals surface area contributed by atoms with Crippen molar-refractivity contribution in [1.29, 1.82) is 0 Å². The van der Waals surface area contributed by atoms with Crippen LogP contribution in [0.15, 0.2) is 82.8 Å². The fourth-order valence-corrected chi connectivity index (χ4v) is 5.65. The molecule has 49 heavy (non-hydrogen) atoms. The second-order valence-electron chi connectivity index (χ2n) is 12.1. The lowest BCUT2D eigenvalue weighted by Gasteiger charge is -2.30. The molecule has 13 heteroatoms. The number of carbonyl (C=O) groups is 5. The Morgan fingerprint density at radius 3 is 2.29 bits per heavy atom. The number of hydrogen-bond donors (Lipinski definition) is 4. The van der Waals surface area contributed by atoms with Gasteiger partial charge < -0.3 is 40.4 Å². The van der Waals surface area contributed by atoms with Gasteiger partial charge in [-0.05, 0) is 62.4 Å². The third-order valence-electron chi connectivity index (χ3n) is 8.38. The highest BCUT2D eigenvalue weighted by atomic mass is 16.6. The van der Waals surface area contributed by atoms with Crippen LogP contribution in [0.3, 0.4) is 0 Å². The number of hydrogen-bond acceptors (Lipinski definition) is 10. The van der Waals surface area contributed by atoms with Crippen molar-refractivity contribution in [3.63, 3.8) is 0 Å². The Hall–Kier alpha value is -4.85. The van der Waals surface area contributed by atoms with Gasteiger partial charge in [0.2, 0.25) is 11.6 Å². The summed E-state index contributed by atoms with van der Waals surface area (Å²) in [5, 5.41) is 16.5. The van der Waals surface area contributed by atoms with Crippen molar-refractivity contribution < 1.29 is 48.0 Å². The number of ether oxygens (including phenoxy) is 4. The Bertz CT molecular complexity index is 1590. The minimum absolute atomic E-state index is 0.000818. The number of fused-ring (bicyclic) bond motifs is 2. The van der Waals surface area contributed by atoms with E-state index in [4.69, 9.17) is 24.7 Å². The van der Waals surface area contributed by atoms with Gasteiger partial charge in [-0.25, -0.2) is 4.79 Å². The van der Waals surface area contributed by atoms with E-state index in [0.717, 1.165) is 6.08 Å². The predicted octanol–water partition coefficient (Wildman–Crippen LogP) is 3.20. The lowest BCUT2D eigenvalue weighted by atomic mass is 9.85. The summed E-state index contributed by atoms with van der Waals surface area (Å²) in [6.45, 7) is 6.81. The summed E-state index contributed by atoms with van der Waals surface area (Å²) in [5.74, 6) is -2.91. The van der Waals surface area contributed by atoms with Crippen LogP contribution in [0.25, 0.3) is 0 Å².